The Labute approximate surface area is 84.7 Å². The van der Waals surface area contributed by atoms with E-state index in [-0.39, 0.29) is 6.04 Å². The molecule has 14 heavy (non-hydrogen) atoms. The van der Waals surface area contributed by atoms with Gasteiger partial charge >= 0.3 is 0 Å². The van der Waals surface area contributed by atoms with Gasteiger partial charge in [-0.15, -0.1) is 11.8 Å². The van der Waals surface area contributed by atoms with Crippen molar-refractivity contribution in [2.75, 3.05) is 0 Å². The van der Waals surface area contributed by atoms with Crippen LogP contribution in [0.1, 0.15) is 31.4 Å². The molecule has 0 aromatic carbocycles. The minimum absolute atomic E-state index is 0.143. The number of rotatable bonds is 4. The Morgan fingerprint density at radius 3 is 3.07 bits per heavy atom. The number of nitrogens with two attached hydrogens (primary N) is 1. The van der Waals surface area contributed by atoms with Gasteiger partial charge in [-0.2, -0.15) is 0 Å². The first-order chi connectivity index (χ1) is 6.88. The van der Waals surface area contributed by atoms with E-state index in [0.29, 0.717) is 0 Å². The topological polar surface area (TPSA) is 50.9 Å². The average molecular weight is 189 g/mol. The van der Waals surface area contributed by atoms with Crippen molar-refractivity contribution in [1.82, 2.24) is 10.4 Å². The average Bonchev–Trinajstić information content (AvgIpc) is 2.26. The van der Waals surface area contributed by atoms with Gasteiger partial charge in [-0.1, -0.05) is 6.07 Å². The van der Waals surface area contributed by atoms with Crippen molar-refractivity contribution in [3.63, 3.8) is 0 Å². The maximum atomic E-state index is 5.46. The lowest BCUT2D eigenvalue weighted by Crippen LogP contribution is -2.27. The molecule has 0 bridgehead atoms. The summed E-state index contributed by atoms with van der Waals surface area (Å²) < 4.78 is 0. The van der Waals surface area contributed by atoms with Crippen LogP contribution in [-0.4, -0.2) is 4.98 Å². The number of nitrogens with one attached hydrogen (secondary N) is 1. The maximum Gasteiger partial charge on any atom is 0.0484 e. The molecule has 0 aliphatic heterocycles. The van der Waals surface area contributed by atoms with Crippen LogP contribution in [0.4, 0.5) is 0 Å². The monoisotopic (exact) mass is 189 g/mol. The van der Waals surface area contributed by atoms with Gasteiger partial charge in [0.25, 0.3) is 0 Å². The second-order valence-electron chi connectivity index (χ2n) is 2.97. The molecule has 1 aromatic heterocycles. The van der Waals surface area contributed by atoms with Crippen molar-refractivity contribution in [2.45, 2.75) is 25.8 Å². The summed E-state index contributed by atoms with van der Waals surface area (Å²) in [5, 5.41) is 0. The van der Waals surface area contributed by atoms with Gasteiger partial charge in [0.15, 0.2) is 0 Å². The number of hydrazine groups is 1. The standard InChI is InChI=1S/C11H15N3/c1-2-3-4-7-11(14-12)10-6-5-8-13-9-10/h5-6,8-9,11,14H,4,7,12H2,1H3. The fourth-order valence-electron chi connectivity index (χ4n) is 1.27. The molecule has 3 nitrogen and oxygen atoms in total. The van der Waals surface area contributed by atoms with Crippen LogP contribution in [0, 0.1) is 11.8 Å². The first-order valence-electron chi connectivity index (χ1n) is 4.64. The van der Waals surface area contributed by atoms with Crippen LogP contribution in [0.15, 0.2) is 24.5 Å². The third kappa shape index (κ3) is 3.17. The minimum Gasteiger partial charge on any atom is -0.271 e. The lowest BCUT2D eigenvalue weighted by Gasteiger charge is -2.13. The van der Waals surface area contributed by atoms with Crippen molar-refractivity contribution in [1.29, 1.82) is 0 Å². The van der Waals surface area contributed by atoms with E-state index in [0.717, 1.165) is 18.4 Å². The Hall–Kier alpha value is -1.37. The molecule has 1 aromatic rings. The Balaban J connectivity index is 2.57. The van der Waals surface area contributed by atoms with E-state index in [9.17, 15) is 0 Å². The van der Waals surface area contributed by atoms with E-state index in [1.54, 1.807) is 6.20 Å². The van der Waals surface area contributed by atoms with E-state index < -0.39 is 0 Å². The summed E-state index contributed by atoms with van der Waals surface area (Å²) in [5.41, 5.74) is 3.87. The summed E-state index contributed by atoms with van der Waals surface area (Å²) in [6, 6.07) is 4.06. The normalized spacial score (nSPS) is 11.6. The third-order valence-electron chi connectivity index (χ3n) is 2.02. The molecule has 0 aliphatic carbocycles. The first-order valence-corrected chi connectivity index (χ1v) is 4.64. The summed E-state index contributed by atoms with van der Waals surface area (Å²) in [4.78, 5) is 4.05. The number of pyridine rings is 1. The molecule has 3 N–H and O–H groups in total. The van der Waals surface area contributed by atoms with E-state index in [1.807, 2.05) is 25.3 Å². The van der Waals surface area contributed by atoms with Gasteiger partial charge in [-0.3, -0.25) is 16.3 Å². The first kappa shape index (κ1) is 10.7. The Morgan fingerprint density at radius 1 is 1.64 bits per heavy atom. The van der Waals surface area contributed by atoms with Crippen LogP contribution in [0.2, 0.25) is 0 Å². The predicted molar refractivity (Wildman–Crippen MR) is 57.0 cm³/mol. The van der Waals surface area contributed by atoms with Crippen molar-refractivity contribution < 1.29 is 0 Å². The molecule has 0 saturated heterocycles. The van der Waals surface area contributed by atoms with E-state index >= 15 is 0 Å². The van der Waals surface area contributed by atoms with Gasteiger partial charge in [0.05, 0.1) is 0 Å². The molecule has 0 saturated carbocycles. The van der Waals surface area contributed by atoms with Crippen LogP contribution in [0.25, 0.3) is 0 Å². The van der Waals surface area contributed by atoms with E-state index in [4.69, 9.17) is 5.84 Å². The third-order valence-corrected chi connectivity index (χ3v) is 2.02. The molecule has 0 spiro atoms. The van der Waals surface area contributed by atoms with Crippen LogP contribution >= 0.6 is 0 Å². The van der Waals surface area contributed by atoms with Gasteiger partial charge in [-0.05, 0) is 25.0 Å². The highest BCUT2D eigenvalue weighted by atomic mass is 15.2. The second-order valence-corrected chi connectivity index (χ2v) is 2.97. The molecular formula is C11H15N3. The molecule has 0 radical (unpaired) electrons. The van der Waals surface area contributed by atoms with Gasteiger partial charge < -0.3 is 0 Å². The molecule has 3 heteroatoms. The highest BCUT2D eigenvalue weighted by molar-refractivity contribution is 5.14. The van der Waals surface area contributed by atoms with Crippen LogP contribution < -0.4 is 11.3 Å². The largest absolute Gasteiger partial charge is 0.271 e. The second kappa shape index (κ2) is 6.14. The number of aromatic nitrogens is 1. The molecule has 74 valence electrons. The molecule has 1 atom stereocenters. The Kier molecular flexibility index (Phi) is 4.70. The zero-order chi connectivity index (χ0) is 10.2. The predicted octanol–water partition coefficient (Wildman–Crippen LogP) is 1.39. The Morgan fingerprint density at radius 2 is 2.50 bits per heavy atom. The van der Waals surface area contributed by atoms with E-state index in [2.05, 4.69) is 22.3 Å². The lowest BCUT2D eigenvalue weighted by atomic mass is 10.1. The van der Waals surface area contributed by atoms with E-state index in [1.165, 1.54) is 0 Å². The van der Waals surface area contributed by atoms with Crippen molar-refractivity contribution in [3.8, 4) is 11.8 Å². The summed E-state index contributed by atoms with van der Waals surface area (Å²) >= 11 is 0. The van der Waals surface area contributed by atoms with Gasteiger partial charge in [0, 0.05) is 24.9 Å². The molecule has 1 rings (SSSR count). The molecular weight excluding hydrogens is 174 g/mol. The summed E-state index contributed by atoms with van der Waals surface area (Å²) in [6.45, 7) is 1.84. The highest BCUT2D eigenvalue weighted by Crippen LogP contribution is 2.15. The minimum atomic E-state index is 0.143. The van der Waals surface area contributed by atoms with Crippen molar-refractivity contribution in [2.24, 2.45) is 5.84 Å². The quantitative estimate of drug-likeness (QED) is 0.427. The zero-order valence-electron chi connectivity index (χ0n) is 8.33. The van der Waals surface area contributed by atoms with Crippen molar-refractivity contribution >= 4 is 0 Å². The molecule has 0 amide bonds. The number of hydrogen-bond acceptors (Lipinski definition) is 3. The molecule has 1 unspecified atom stereocenters. The number of hydrogen-bond donors (Lipinski definition) is 2. The van der Waals surface area contributed by atoms with Crippen molar-refractivity contribution in [3.05, 3.63) is 30.1 Å². The molecule has 0 aliphatic rings. The molecule has 1 heterocycles. The highest BCUT2D eigenvalue weighted by Gasteiger charge is 2.07. The lowest BCUT2D eigenvalue weighted by molar-refractivity contribution is 0.522. The van der Waals surface area contributed by atoms with Crippen LogP contribution in [0.5, 0.6) is 0 Å². The van der Waals surface area contributed by atoms with Gasteiger partial charge in [0.1, 0.15) is 0 Å². The summed E-state index contributed by atoms with van der Waals surface area (Å²) in [7, 11) is 0. The van der Waals surface area contributed by atoms with Crippen LogP contribution in [0.3, 0.4) is 0 Å². The SMILES string of the molecule is CC#CCCC(NN)c1cccnc1. The zero-order valence-corrected chi connectivity index (χ0v) is 8.33. The Bertz CT molecular complexity index is 310. The fraction of sp³-hybridized carbons (Fsp3) is 0.364. The maximum absolute atomic E-state index is 5.46. The summed E-state index contributed by atoms with van der Waals surface area (Å²) in [5.74, 6) is 11.3. The fourth-order valence-corrected chi connectivity index (χ4v) is 1.27. The van der Waals surface area contributed by atoms with Crippen LogP contribution in [-0.2, 0) is 0 Å². The summed E-state index contributed by atoms with van der Waals surface area (Å²) in [6.07, 6.45) is 5.33. The number of nitrogens with zero attached hydrogens (tertiary/aromatic N) is 1. The van der Waals surface area contributed by atoms with Gasteiger partial charge in [0.2, 0.25) is 0 Å². The smallest absolute Gasteiger partial charge is 0.0484 e. The molecule has 0 fully saturated rings. The van der Waals surface area contributed by atoms with Gasteiger partial charge in [-0.25, -0.2) is 0 Å².